The largest absolute Gasteiger partial charge is 0.283 e. The van der Waals surface area contributed by atoms with Crippen molar-refractivity contribution in [3.05, 3.63) is 84.7 Å². The van der Waals surface area contributed by atoms with E-state index in [4.69, 9.17) is 0 Å². The van der Waals surface area contributed by atoms with Crippen molar-refractivity contribution in [1.29, 1.82) is 0 Å². The Morgan fingerprint density at radius 2 is 1.54 bits per heavy atom. The quantitative estimate of drug-likeness (QED) is 0.523. The zero-order chi connectivity index (χ0) is 19.9. The number of hydrogen-bond donors (Lipinski definition) is 0. The fourth-order valence-corrected chi connectivity index (χ4v) is 3.83. The molecule has 4 rings (SSSR count). The normalized spacial score (nSPS) is 11.7. The van der Waals surface area contributed by atoms with Gasteiger partial charge in [0.25, 0.3) is 10.0 Å². The number of halogens is 3. The monoisotopic (exact) mass is 404 g/mol. The third-order valence-corrected chi connectivity index (χ3v) is 5.45. The highest BCUT2D eigenvalue weighted by atomic mass is 32.2. The van der Waals surface area contributed by atoms with Crippen molar-refractivity contribution < 1.29 is 21.6 Å². The van der Waals surface area contributed by atoms with E-state index in [0.717, 1.165) is 6.20 Å². The van der Waals surface area contributed by atoms with Crippen molar-refractivity contribution in [2.45, 2.75) is 4.90 Å². The number of hydrogen-bond acceptors (Lipinski definition) is 4. The van der Waals surface area contributed by atoms with Gasteiger partial charge in [0.2, 0.25) is 0 Å². The van der Waals surface area contributed by atoms with Crippen LogP contribution in [0.4, 0.5) is 13.2 Å². The molecule has 0 bridgehead atoms. The Hall–Kier alpha value is -3.40. The van der Waals surface area contributed by atoms with Crippen LogP contribution in [0.1, 0.15) is 0 Å². The van der Waals surface area contributed by atoms with Crippen LogP contribution in [0.2, 0.25) is 0 Å². The molecule has 28 heavy (non-hydrogen) atoms. The zero-order valence-electron chi connectivity index (χ0n) is 14.0. The third kappa shape index (κ3) is 3.29. The highest BCUT2D eigenvalue weighted by Crippen LogP contribution is 2.25. The van der Waals surface area contributed by atoms with Gasteiger partial charge in [0, 0.05) is 24.0 Å². The van der Waals surface area contributed by atoms with Crippen molar-refractivity contribution in [3.63, 3.8) is 0 Å². The molecule has 0 saturated heterocycles. The first-order chi connectivity index (χ1) is 13.3. The Bertz CT molecular complexity index is 1250. The van der Waals surface area contributed by atoms with Crippen LogP contribution in [-0.2, 0) is 10.0 Å². The van der Waals surface area contributed by atoms with E-state index in [2.05, 4.69) is 10.2 Å². The standard InChI is InChI=1S/C18H11F3N4O2S/c19-14-4-12(5-17(7-14)24-3-1-2-22-24)13-10-23-25(11-13)28(26,27)18-8-15(20)6-16(21)9-18/h1-11H. The summed E-state index contributed by atoms with van der Waals surface area (Å²) >= 11 is 0. The first kappa shape index (κ1) is 18.0. The second-order valence-corrected chi connectivity index (χ2v) is 7.66. The van der Waals surface area contributed by atoms with Gasteiger partial charge in [-0.3, -0.25) is 0 Å². The van der Waals surface area contributed by atoms with Crippen molar-refractivity contribution in [3.8, 4) is 16.8 Å². The van der Waals surface area contributed by atoms with E-state index in [0.29, 0.717) is 39.1 Å². The molecule has 0 unspecified atom stereocenters. The molecule has 2 aromatic heterocycles. The lowest BCUT2D eigenvalue weighted by molar-refractivity contribution is 0.560. The van der Waals surface area contributed by atoms with Gasteiger partial charge in [0.05, 0.1) is 23.0 Å². The minimum absolute atomic E-state index is 0.299. The summed E-state index contributed by atoms with van der Waals surface area (Å²) in [5.41, 5.74) is 1.09. The second kappa shape index (κ2) is 6.64. The Morgan fingerprint density at radius 3 is 2.21 bits per heavy atom. The second-order valence-electron chi connectivity index (χ2n) is 5.86. The van der Waals surface area contributed by atoms with E-state index >= 15 is 0 Å². The lowest BCUT2D eigenvalue weighted by Crippen LogP contribution is -2.14. The zero-order valence-corrected chi connectivity index (χ0v) is 14.8. The number of benzene rings is 2. The molecule has 6 nitrogen and oxygen atoms in total. The Morgan fingerprint density at radius 1 is 0.821 bits per heavy atom. The molecule has 4 aromatic rings. The smallest absolute Gasteiger partial charge is 0.241 e. The Kier molecular flexibility index (Phi) is 4.27. The van der Waals surface area contributed by atoms with Crippen molar-refractivity contribution >= 4 is 10.0 Å². The van der Waals surface area contributed by atoms with Gasteiger partial charge in [-0.2, -0.15) is 22.7 Å². The fraction of sp³-hybridized carbons (Fsp3) is 0. The van der Waals surface area contributed by atoms with Gasteiger partial charge in [0.15, 0.2) is 0 Å². The molecule has 0 amide bonds. The van der Waals surface area contributed by atoms with Crippen LogP contribution in [0.5, 0.6) is 0 Å². The van der Waals surface area contributed by atoms with E-state index < -0.39 is 32.4 Å². The van der Waals surface area contributed by atoms with Crippen LogP contribution in [0.15, 0.2) is 72.1 Å². The van der Waals surface area contributed by atoms with Crippen LogP contribution >= 0.6 is 0 Å². The average Bonchev–Trinajstić information content (AvgIpc) is 3.33. The molecule has 0 fully saturated rings. The maximum Gasteiger partial charge on any atom is 0.283 e. The lowest BCUT2D eigenvalue weighted by Gasteiger charge is -2.06. The van der Waals surface area contributed by atoms with Crippen LogP contribution in [0.25, 0.3) is 16.8 Å². The van der Waals surface area contributed by atoms with Gasteiger partial charge in [-0.05, 0) is 42.0 Å². The van der Waals surface area contributed by atoms with Gasteiger partial charge in [-0.25, -0.2) is 17.9 Å². The van der Waals surface area contributed by atoms with E-state index in [1.54, 1.807) is 18.3 Å². The summed E-state index contributed by atoms with van der Waals surface area (Å²) < 4.78 is 68.0. The highest BCUT2D eigenvalue weighted by molar-refractivity contribution is 7.89. The molecule has 142 valence electrons. The van der Waals surface area contributed by atoms with Crippen LogP contribution in [0.3, 0.4) is 0 Å². The third-order valence-electron chi connectivity index (χ3n) is 3.93. The minimum Gasteiger partial charge on any atom is -0.241 e. The summed E-state index contributed by atoms with van der Waals surface area (Å²) in [6, 6.07) is 7.71. The molecule has 0 aliphatic heterocycles. The van der Waals surface area contributed by atoms with E-state index in [1.165, 1.54) is 29.2 Å². The van der Waals surface area contributed by atoms with Gasteiger partial charge in [-0.15, -0.1) is 0 Å². The van der Waals surface area contributed by atoms with Crippen LogP contribution < -0.4 is 0 Å². The molecule has 2 heterocycles. The van der Waals surface area contributed by atoms with E-state index in [1.807, 2.05) is 0 Å². The molecule has 0 aliphatic carbocycles. The number of aromatic nitrogens is 4. The van der Waals surface area contributed by atoms with E-state index in [-0.39, 0.29) is 0 Å². The lowest BCUT2D eigenvalue weighted by atomic mass is 10.1. The molecule has 0 saturated carbocycles. The van der Waals surface area contributed by atoms with Crippen LogP contribution in [0, 0.1) is 17.5 Å². The predicted molar refractivity (Wildman–Crippen MR) is 93.7 cm³/mol. The predicted octanol–water partition coefficient (Wildman–Crippen LogP) is 3.39. The number of rotatable bonds is 4. The SMILES string of the molecule is O=S(=O)(c1cc(F)cc(F)c1)n1cc(-c2cc(F)cc(-n3cccn3)c2)cn1. The van der Waals surface area contributed by atoms with Gasteiger partial charge in [-0.1, -0.05) is 0 Å². The maximum atomic E-state index is 14.0. The summed E-state index contributed by atoms with van der Waals surface area (Å²) in [4.78, 5) is -0.587. The summed E-state index contributed by atoms with van der Waals surface area (Å²) in [6.45, 7) is 0. The van der Waals surface area contributed by atoms with Crippen LogP contribution in [-0.4, -0.2) is 27.4 Å². The molecular weight excluding hydrogens is 393 g/mol. The average molecular weight is 404 g/mol. The van der Waals surface area contributed by atoms with Gasteiger partial charge < -0.3 is 0 Å². The maximum absolute atomic E-state index is 14.0. The minimum atomic E-state index is -4.32. The van der Waals surface area contributed by atoms with Gasteiger partial charge >= 0.3 is 0 Å². The summed E-state index contributed by atoms with van der Waals surface area (Å²) in [7, 11) is -4.32. The molecule has 10 heteroatoms. The molecule has 0 aliphatic rings. The van der Waals surface area contributed by atoms with Crippen molar-refractivity contribution in [2.24, 2.45) is 0 Å². The first-order valence-electron chi connectivity index (χ1n) is 7.90. The molecule has 0 radical (unpaired) electrons. The summed E-state index contributed by atoms with van der Waals surface area (Å²) in [5.74, 6) is -2.61. The molecular formula is C18H11F3N4O2S. The Labute approximate surface area is 157 Å². The van der Waals surface area contributed by atoms with E-state index in [9.17, 15) is 21.6 Å². The number of nitrogens with zero attached hydrogens (tertiary/aromatic N) is 4. The molecule has 0 spiro atoms. The van der Waals surface area contributed by atoms with Gasteiger partial charge in [0.1, 0.15) is 17.5 Å². The highest BCUT2D eigenvalue weighted by Gasteiger charge is 2.21. The van der Waals surface area contributed by atoms with Crippen molar-refractivity contribution in [2.75, 3.05) is 0 Å². The summed E-state index contributed by atoms with van der Waals surface area (Å²) in [6.07, 6.45) is 5.52. The first-order valence-corrected chi connectivity index (χ1v) is 9.34. The molecule has 0 N–H and O–H groups in total. The molecule has 0 atom stereocenters. The Balaban J connectivity index is 1.76. The molecule has 2 aromatic carbocycles. The topological polar surface area (TPSA) is 69.8 Å². The fourth-order valence-electron chi connectivity index (χ4n) is 2.67. The van der Waals surface area contributed by atoms with Crippen molar-refractivity contribution in [1.82, 2.24) is 19.0 Å². The summed E-state index contributed by atoms with van der Waals surface area (Å²) in [5, 5.41) is 7.79.